The molecule has 1 heterocycles. The zero-order valence-corrected chi connectivity index (χ0v) is 15.2. The second-order valence-corrected chi connectivity index (χ2v) is 7.38. The Morgan fingerprint density at radius 1 is 1.36 bits per heavy atom. The first-order valence-corrected chi connectivity index (χ1v) is 8.90. The summed E-state index contributed by atoms with van der Waals surface area (Å²) < 4.78 is 17.2. The molecule has 4 nitrogen and oxygen atoms in total. The van der Waals surface area contributed by atoms with Gasteiger partial charge in [-0.05, 0) is 48.6 Å². The number of esters is 1. The van der Waals surface area contributed by atoms with Crippen molar-refractivity contribution in [3.63, 3.8) is 0 Å². The van der Waals surface area contributed by atoms with Gasteiger partial charge in [-0.3, -0.25) is 4.79 Å². The van der Waals surface area contributed by atoms with E-state index in [1.807, 2.05) is 12.1 Å². The average Bonchev–Trinajstić information content (AvgIpc) is 2.90. The normalized spacial score (nSPS) is 29.8. The van der Waals surface area contributed by atoms with Gasteiger partial charge in [-0.1, -0.05) is 13.0 Å². The second-order valence-electron chi connectivity index (χ2n) is 7.38. The molecule has 132 valence electrons. The van der Waals surface area contributed by atoms with Crippen molar-refractivity contribution in [3.8, 4) is 11.5 Å². The molecule has 0 spiro atoms. The fourth-order valence-corrected chi connectivity index (χ4v) is 4.64. The highest BCUT2D eigenvalue weighted by atomic mass is 16.5. The fourth-order valence-electron chi connectivity index (χ4n) is 4.64. The number of hydrogen-bond donors (Lipinski definition) is 0. The van der Waals surface area contributed by atoms with Gasteiger partial charge < -0.3 is 14.2 Å². The van der Waals surface area contributed by atoms with E-state index in [4.69, 9.17) is 14.2 Å². The zero-order chi connectivity index (χ0) is 17.8. The first-order chi connectivity index (χ1) is 11.9. The number of rotatable bonds is 2. The van der Waals surface area contributed by atoms with Gasteiger partial charge >= 0.3 is 5.97 Å². The highest BCUT2D eigenvalue weighted by Gasteiger charge is 2.49. The number of methoxy groups -OCH3 is 1. The van der Waals surface area contributed by atoms with Crippen molar-refractivity contribution in [1.29, 1.82) is 0 Å². The van der Waals surface area contributed by atoms with E-state index in [-0.39, 0.29) is 23.6 Å². The van der Waals surface area contributed by atoms with E-state index in [2.05, 4.69) is 26.0 Å². The predicted octanol–water partition coefficient (Wildman–Crippen LogP) is 4.29. The minimum Gasteiger partial charge on any atom is -0.497 e. The molecule has 0 saturated carbocycles. The molecule has 0 aromatic heterocycles. The summed E-state index contributed by atoms with van der Waals surface area (Å²) in [5.41, 5.74) is 4.98. The number of ether oxygens (including phenoxy) is 3. The molecular formula is C21H24O4. The second kappa shape index (κ2) is 5.65. The summed E-state index contributed by atoms with van der Waals surface area (Å²) in [6.07, 6.45) is 4.89. The lowest BCUT2D eigenvalue weighted by molar-refractivity contribution is -0.150. The molecule has 2 aliphatic carbocycles. The summed E-state index contributed by atoms with van der Waals surface area (Å²) in [5, 5.41) is 0. The molecule has 0 unspecified atom stereocenters. The first kappa shape index (κ1) is 16.2. The molecule has 1 aromatic carbocycles. The Hall–Kier alpha value is -2.23. The maximum atomic E-state index is 11.5. The molecule has 3 aliphatic rings. The van der Waals surface area contributed by atoms with E-state index in [0.29, 0.717) is 0 Å². The van der Waals surface area contributed by atoms with E-state index in [1.165, 1.54) is 23.6 Å². The summed E-state index contributed by atoms with van der Waals surface area (Å²) in [6, 6.07) is 6.05. The molecule has 0 amide bonds. The molecule has 1 aliphatic heterocycles. The SMILES string of the molecule is COc1ccc2c(c1)O[C@@H](C)C1=C2CC[C@]2(C)C1=CC[C@H]2OC(C)=O. The quantitative estimate of drug-likeness (QED) is 0.753. The van der Waals surface area contributed by atoms with Crippen molar-refractivity contribution < 1.29 is 19.0 Å². The number of carbonyl (C=O) groups is 1. The van der Waals surface area contributed by atoms with Gasteiger partial charge in [-0.25, -0.2) is 0 Å². The molecule has 0 bridgehead atoms. The van der Waals surface area contributed by atoms with Crippen LogP contribution in [-0.2, 0) is 9.53 Å². The van der Waals surface area contributed by atoms with Gasteiger partial charge in [0.25, 0.3) is 0 Å². The highest BCUT2D eigenvalue weighted by molar-refractivity contribution is 5.81. The first-order valence-electron chi connectivity index (χ1n) is 8.90. The van der Waals surface area contributed by atoms with Crippen LogP contribution in [0.25, 0.3) is 5.57 Å². The van der Waals surface area contributed by atoms with Crippen LogP contribution in [0.3, 0.4) is 0 Å². The number of carbonyl (C=O) groups excluding carboxylic acids is 1. The smallest absolute Gasteiger partial charge is 0.302 e. The Labute approximate surface area is 148 Å². The highest BCUT2D eigenvalue weighted by Crippen LogP contribution is 2.57. The molecule has 0 saturated heterocycles. The van der Waals surface area contributed by atoms with Gasteiger partial charge in [0.15, 0.2) is 0 Å². The Balaban J connectivity index is 1.78. The molecule has 0 fully saturated rings. The van der Waals surface area contributed by atoms with Crippen molar-refractivity contribution in [2.75, 3.05) is 7.11 Å². The number of fused-ring (bicyclic) bond motifs is 4. The van der Waals surface area contributed by atoms with Crippen LogP contribution < -0.4 is 9.47 Å². The Kier molecular flexibility index (Phi) is 3.67. The summed E-state index contributed by atoms with van der Waals surface area (Å²) in [7, 11) is 1.67. The van der Waals surface area contributed by atoms with Crippen molar-refractivity contribution in [2.24, 2.45) is 5.41 Å². The molecule has 0 radical (unpaired) electrons. The monoisotopic (exact) mass is 340 g/mol. The van der Waals surface area contributed by atoms with Crippen LogP contribution in [0.15, 0.2) is 35.4 Å². The summed E-state index contributed by atoms with van der Waals surface area (Å²) in [6.45, 7) is 5.81. The Morgan fingerprint density at radius 3 is 2.88 bits per heavy atom. The molecule has 0 N–H and O–H groups in total. The van der Waals surface area contributed by atoms with E-state index in [0.717, 1.165) is 36.3 Å². The van der Waals surface area contributed by atoms with Crippen LogP contribution in [-0.4, -0.2) is 25.3 Å². The van der Waals surface area contributed by atoms with Crippen LogP contribution >= 0.6 is 0 Å². The van der Waals surface area contributed by atoms with Crippen molar-refractivity contribution in [1.82, 2.24) is 0 Å². The zero-order valence-electron chi connectivity index (χ0n) is 15.2. The van der Waals surface area contributed by atoms with Gasteiger partial charge in [-0.2, -0.15) is 0 Å². The summed E-state index contributed by atoms with van der Waals surface area (Å²) in [5.74, 6) is 1.50. The lowest BCUT2D eigenvalue weighted by atomic mass is 9.66. The largest absolute Gasteiger partial charge is 0.497 e. The lowest BCUT2D eigenvalue weighted by Gasteiger charge is -2.43. The molecule has 25 heavy (non-hydrogen) atoms. The lowest BCUT2D eigenvalue weighted by Crippen LogP contribution is -2.39. The molecule has 3 atom stereocenters. The standard InChI is InChI=1S/C21H24O4/c1-12-20-16(15-6-5-14(23-4)11-18(15)24-12)9-10-21(3)17(20)7-8-19(21)25-13(2)22/h5-7,11-12,19H,8-10H2,1-4H3/t12-,19+,21+/m0/s1. The minimum atomic E-state index is -0.203. The minimum absolute atomic E-state index is 0.0171. The molecule has 4 heteroatoms. The van der Waals surface area contributed by atoms with E-state index >= 15 is 0 Å². The van der Waals surface area contributed by atoms with Gasteiger partial charge in [0, 0.05) is 30.4 Å². The van der Waals surface area contributed by atoms with Crippen molar-refractivity contribution >= 4 is 11.5 Å². The topological polar surface area (TPSA) is 44.8 Å². The average molecular weight is 340 g/mol. The van der Waals surface area contributed by atoms with Crippen LogP contribution in [0.5, 0.6) is 11.5 Å². The summed E-state index contributed by atoms with van der Waals surface area (Å²) >= 11 is 0. The molecule has 1 aromatic rings. The van der Waals surface area contributed by atoms with Crippen molar-refractivity contribution in [2.45, 2.75) is 52.2 Å². The number of hydrogen-bond acceptors (Lipinski definition) is 4. The predicted molar refractivity (Wildman–Crippen MR) is 95.6 cm³/mol. The van der Waals surface area contributed by atoms with Gasteiger partial charge in [0.05, 0.1) is 7.11 Å². The number of allylic oxidation sites excluding steroid dienone is 1. The Bertz CT molecular complexity index is 804. The third-order valence-electron chi connectivity index (χ3n) is 5.90. The fraction of sp³-hybridized carbons (Fsp3) is 0.476. The van der Waals surface area contributed by atoms with E-state index < -0.39 is 0 Å². The van der Waals surface area contributed by atoms with Crippen LogP contribution in [0.2, 0.25) is 0 Å². The van der Waals surface area contributed by atoms with Crippen molar-refractivity contribution in [3.05, 3.63) is 41.0 Å². The molecular weight excluding hydrogens is 316 g/mol. The number of benzene rings is 1. The Morgan fingerprint density at radius 2 is 2.16 bits per heavy atom. The maximum Gasteiger partial charge on any atom is 0.302 e. The van der Waals surface area contributed by atoms with Crippen LogP contribution in [0, 0.1) is 5.41 Å². The van der Waals surface area contributed by atoms with Gasteiger partial charge in [0.2, 0.25) is 0 Å². The van der Waals surface area contributed by atoms with Crippen LogP contribution in [0.1, 0.15) is 45.6 Å². The van der Waals surface area contributed by atoms with Crippen LogP contribution in [0.4, 0.5) is 0 Å². The third kappa shape index (κ3) is 2.38. The summed E-state index contributed by atoms with van der Waals surface area (Å²) in [4.78, 5) is 11.5. The molecule has 4 rings (SSSR count). The van der Waals surface area contributed by atoms with Gasteiger partial charge in [-0.15, -0.1) is 0 Å². The van der Waals surface area contributed by atoms with Gasteiger partial charge in [0.1, 0.15) is 23.7 Å². The van der Waals surface area contributed by atoms with E-state index in [9.17, 15) is 4.79 Å². The third-order valence-corrected chi connectivity index (χ3v) is 5.90. The van der Waals surface area contributed by atoms with E-state index in [1.54, 1.807) is 7.11 Å². The maximum absolute atomic E-state index is 11.5.